The van der Waals surface area contributed by atoms with Crippen molar-refractivity contribution in [2.24, 2.45) is 0 Å². The Hall–Kier alpha value is -1.87. The SMILES string of the molecule is CC(C)(C)NCc1ccnc(N2CCc3ccccc32)c1. The van der Waals surface area contributed by atoms with Crippen molar-refractivity contribution >= 4 is 11.5 Å². The van der Waals surface area contributed by atoms with Crippen molar-refractivity contribution in [1.82, 2.24) is 10.3 Å². The fourth-order valence-electron chi connectivity index (χ4n) is 2.66. The Kier molecular flexibility index (Phi) is 3.68. The number of fused-ring (bicyclic) bond motifs is 1. The fourth-order valence-corrected chi connectivity index (χ4v) is 2.66. The van der Waals surface area contributed by atoms with Gasteiger partial charge in [0.1, 0.15) is 5.82 Å². The van der Waals surface area contributed by atoms with E-state index < -0.39 is 0 Å². The van der Waals surface area contributed by atoms with Crippen molar-refractivity contribution < 1.29 is 0 Å². The van der Waals surface area contributed by atoms with Gasteiger partial charge < -0.3 is 10.2 Å². The van der Waals surface area contributed by atoms with Gasteiger partial charge in [0.15, 0.2) is 0 Å². The van der Waals surface area contributed by atoms with E-state index in [0.717, 1.165) is 25.3 Å². The standard InChI is InChI=1S/C18H23N3/c1-18(2,3)20-13-14-8-10-19-17(12-14)21-11-9-15-6-4-5-7-16(15)21/h4-8,10,12,20H,9,11,13H2,1-3H3. The van der Waals surface area contributed by atoms with E-state index in [2.05, 4.69) is 72.4 Å². The largest absolute Gasteiger partial charge is 0.326 e. The van der Waals surface area contributed by atoms with E-state index in [4.69, 9.17) is 0 Å². The first-order valence-electron chi connectivity index (χ1n) is 7.58. The van der Waals surface area contributed by atoms with Gasteiger partial charge in [-0.05, 0) is 56.5 Å². The molecule has 0 atom stereocenters. The van der Waals surface area contributed by atoms with Gasteiger partial charge in [-0.15, -0.1) is 0 Å². The first-order valence-corrected chi connectivity index (χ1v) is 7.58. The number of rotatable bonds is 3. The van der Waals surface area contributed by atoms with Crippen LogP contribution in [0.2, 0.25) is 0 Å². The van der Waals surface area contributed by atoms with Crippen LogP contribution in [0.1, 0.15) is 31.9 Å². The molecular formula is C18H23N3. The molecular weight excluding hydrogens is 258 g/mol. The van der Waals surface area contributed by atoms with Crippen LogP contribution in [-0.4, -0.2) is 17.1 Å². The highest BCUT2D eigenvalue weighted by Gasteiger charge is 2.20. The van der Waals surface area contributed by atoms with Gasteiger partial charge in [0.05, 0.1) is 0 Å². The molecule has 0 saturated carbocycles. The summed E-state index contributed by atoms with van der Waals surface area (Å²) in [6.07, 6.45) is 3.01. The lowest BCUT2D eigenvalue weighted by Gasteiger charge is -2.22. The van der Waals surface area contributed by atoms with Gasteiger partial charge in [-0.1, -0.05) is 18.2 Å². The van der Waals surface area contributed by atoms with Gasteiger partial charge >= 0.3 is 0 Å². The Morgan fingerprint density at radius 3 is 2.81 bits per heavy atom. The molecule has 1 aliphatic rings. The first kappa shape index (κ1) is 14.1. The van der Waals surface area contributed by atoms with E-state index in [1.807, 2.05) is 6.20 Å². The highest BCUT2D eigenvalue weighted by molar-refractivity contribution is 5.67. The maximum absolute atomic E-state index is 4.56. The van der Waals surface area contributed by atoms with E-state index >= 15 is 0 Å². The molecule has 0 spiro atoms. The Morgan fingerprint density at radius 1 is 1.19 bits per heavy atom. The van der Waals surface area contributed by atoms with Crippen molar-refractivity contribution in [2.45, 2.75) is 39.3 Å². The second-order valence-corrected chi connectivity index (χ2v) is 6.66. The third-order valence-electron chi connectivity index (χ3n) is 3.80. The Bertz CT molecular complexity index is 628. The lowest BCUT2D eigenvalue weighted by atomic mass is 10.1. The molecule has 2 heterocycles. The van der Waals surface area contributed by atoms with Gasteiger partial charge in [0.2, 0.25) is 0 Å². The van der Waals surface area contributed by atoms with E-state index in [-0.39, 0.29) is 5.54 Å². The first-order chi connectivity index (χ1) is 10.0. The molecule has 21 heavy (non-hydrogen) atoms. The van der Waals surface area contributed by atoms with Crippen LogP contribution in [0.15, 0.2) is 42.6 Å². The average Bonchev–Trinajstić information content (AvgIpc) is 2.89. The molecule has 3 heteroatoms. The quantitative estimate of drug-likeness (QED) is 0.930. The number of aromatic nitrogens is 1. The molecule has 1 aromatic carbocycles. The molecule has 0 fully saturated rings. The number of pyridine rings is 1. The van der Waals surface area contributed by atoms with E-state index in [1.165, 1.54) is 16.8 Å². The number of nitrogens with zero attached hydrogens (tertiary/aromatic N) is 2. The van der Waals surface area contributed by atoms with Crippen molar-refractivity contribution in [3.63, 3.8) is 0 Å². The average molecular weight is 281 g/mol. The van der Waals surface area contributed by atoms with E-state index in [9.17, 15) is 0 Å². The highest BCUT2D eigenvalue weighted by atomic mass is 15.2. The second-order valence-electron chi connectivity index (χ2n) is 6.66. The van der Waals surface area contributed by atoms with Crippen molar-refractivity contribution in [3.05, 3.63) is 53.7 Å². The summed E-state index contributed by atoms with van der Waals surface area (Å²) in [6.45, 7) is 8.44. The summed E-state index contributed by atoms with van der Waals surface area (Å²) in [5.41, 5.74) is 4.12. The van der Waals surface area contributed by atoms with Crippen LogP contribution in [0.3, 0.4) is 0 Å². The van der Waals surface area contributed by atoms with Gasteiger partial charge in [-0.25, -0.2) is 4.98 Å². The third kappa shape index (κ3) is 3.24. The minimum Gasteiger partial charge on any atom is -0.326 e. The van der Waals surface area contributed by atoms with E-state index in [0.29, 0.717) is 0 Å². The number of para-hydroxylation sites is 1. The smallest absolute Gasteiger partial charge is 0.133 e. The summed E-state index contributed by atoms with van der Waals surface area (Å²) in [5.74, 6) is 1.05. The number of hydrogen-bond donors (Lipinski definition) is 1. The summed E-state index contributed by atoms with van der Waals surface area (Å²) in [7, 11) is 0. The lowest BCUT2D eigenvalue weighted by molar-refractivity contribution is 0.424. The monoisotopic (exact) mass is 281 g/mol. The minimum absolute atomic E-state index is 0.129. The molecule has 1 N–H and O–H groups in total. The zero-order valence-corrected chi connectivity index (χ0v) is 13.1. The summed E-state index contributed by atoms with van der Waals surface area (Å²) >= 11 is 0. The van der Waals surface area contributed by atoms with Gasteiger partial charge in [0.25, 0.3) is 0 Å². The third-order valence-corrected chi connectivity index (χ3v) is 3.80. The van der Waals surface area contributed by atoms with Crippen molar-refractivity contribution in [3.8, 4) is 0 Å². The number of anilines is 2. The number of hydrogen-bond acceptors (Lipinski definition) is 3. The Balaban J connectivity index is 1.81. The Morgan fingerprint density at radius 2 is 2.00 bits per heavy atom. The lowest BCUT2D eigenvalue weighted by Crippen LogP contribution is -2.35. The molecule has 0 aliphatic carbocycles. The van der Waals surface area contributed by atoms with Crippen LogP contribution < -0.4 is 10.2 Å². The van der Waals surface area contributed by atoms with Gasteiger partial charge in [-0.3, -0.25) is 0 Å². The molecule has 110 valence electrons. The zero-order valence-electron chi connectivity index (χ0n) is 13.1. The molecule has 1 aromatic heterocycles. The van der Waals surface area contributed by atoms with Gasteiger partial charge in [-0.2, -0.15) is 0 Å². The number of benzene rings is 1. The molecule has 3 nitrogen and oxygen atoms in total. The normalized spacial score (nSPS) is 14.3. The van der Waals surface area contributed by atoms with Crippen LogP contribution in [0.25, 0.3) is 0 Å². The summed E-state index contributed by atoms with van der Waals surface area (Å²) in [5, 5.41) is 3.53. The molecule has 0 bridgehead atoms. The molecule has 3 rings (SSSR count). The van der Waals surface area contributed by atoms with Crippen LogP contribution >= 0.6 is 0 Å². The van der Waals surface area contributed by atoms with Crippen LogP contribution in [0.5, 0.6) is 0 Å². The molecule has 1 aliphatic heterocycles. The Labute approximate surface area is 127 Å². The van der Waals surface area contributed by atoms with Crippen LogP contribution in [0, 0.1) is 0 Å². The summed E-state index contributed by atoms with van der Waals surface area (Å²) < 4.78 is 0. The van der Waals surface area contributed by atoms with Crippen molar-refractivity contribution in [1.29, 1.82) is 0 Å². The molecule has 0 radical (unpaired) electrons. The second kappa shape index (κ2) is 5.49. The molecule has 0 amide bonds. The topological polar surface area (TPSA) is 28.2 Å². The van der Waals surface area contributed by atoms with Crippen LogP contribution in [0.4, 0.5) is 11.5 Å². The highest BCUT2D eigenvalue weighted by Crippen LogP contribution is 2.33. The molecule has 0 saturated heterocycles. The van der Waals surface area contributed by atoms with Gasteiger partial charge in [0, 0.05) is 30.5 Å². The maximum Gasteiger partial charge on any atom is 0.133 e. The maximum atomic E-state index is 4.56. The zero-order chi connectivity index (χ0) is 14.9. The van der Waals surface area contributed by atoms with E-state index in [1.54, 1.807) is 0 Å². The molecule has 0 unspecified atom stereocenters. The van der Waals surface area contributed by atoms with Crippen molar-refractivity contribution in [2.75, 3.05) is 11.4 Å². The minimum atomic E-state index is 0.129. The predicted octanol–water partition coefficient (Wildman–Crippen LogP) is 3.66. The van der Waals surface area contributed by atoms with Crippen LogP contribution in [-0.2, 0) is 13.0 Å². The molecule has 2 aromatic rings. The number of nitrogens with one attached hydrogen (secondary N) is 1. The predicted molar refractivity (Wildman–Crippen MR) is 88.0 cm³/mol. The summed E-state index contributed by atoms with van der Waals surface area (Å²) in [6, 6.07) is 12.9. The summed E-state index contributed by atoms with van der Waals surface area (Å²) in [4.78, 5) is 6.88. The fraction of sp³-hybridized carbons (Fsp3) is 0.389.